The van der Waals surface area contributed by atoms with Crippen molar-refractivity contribution in [3.05, 3.63) is 64.7 Å². The van der Waals surface area contributed by atoms with Gasteiger partial charge in [-0.25, -0.2) is 4.79 Å². The van der Waals surface area contributed by atoms with Crippen LogP contribution in [-0.4, -0.2) is 36.6 Å². The lowest BCUT2D eigenvalue weighted by atomic mass is 10.0. The van der Waals surface area contributed by atoms with Crippen molar-refractivity contribution in [1.29, 1.82) is 0 Å². The number of nitrogens with zero attached hydrogens (tertiary/aromatic N) is 1. The summed E-state index contributed by atoms with van der Waals surface area (Å²) < 4.78 is 48.5. The van der Waals surface area contributed by atoms with E-state index in [-0.39, 0.29) is 19.1 Å². The van der Waals surface area contributed by atoms with Crippen molar-refractivity contribution in [3.8, 4) is 5.75 Å². The van der Waals surface area contributed by atoms with Crippen molar-refractivity contribution in [1.82, 2.24) is 0 Å². The summed E-state index contributed by atoms with van der Waals surface area (Å²) in [5.41, 5.74) is 1.06. The molecule has 31 heavy (non-hydrogen) atoms. The smallest absolute Gasteiger partial charge is 0.416 e. The fourth-order valence-corrected chi connectivity index (χ4v) is 2.74. The van der Waals surface area contributed by atoms with Crippen LogP contribution >= 0.6 is 0 Å². The molecular weight excluding hydrogens is 415 g/mol. The van der Waals surface area contributed by atoms with E-state index in [0.717, 1.165) is 12.1 Å². The van der Waals surface area contributed by atoms with Gasteiger partial charge in [-0.3, -0.25) is 0 Å². The van der Waals surface area contributed by atoms with Gasteiger partial charge in [-0.05, 0) is 49.2 Å². The Bertz CT molecular complexity index is 895. The van der Waals surface area contributed by atoms with E-state index in [9.17, 15) is 23.1 Å². The normalized spacial score (nSPS) is 12.9. The average molecular weight is 439 g/mol. The highest BCUT2D eigenvalue weighted by Gasteiger charge is 2.29. The highest BCUT2D eigenvalue weighted by atomic mass is 19.4. The summed E-state index contributed by atoms with van der Waals surface area (Å²) in [6, 6.07) is 9.73. The first-order chi connectivity index (χ1) is 14.6. The standard InChI is InChI=1S/C22H24F3NO5/c1-14(2)31-20(21(27)28)11-16-6-9-19(29-3)17(10-16)12-26-30-13-15-4-7-18(8-5-15)22(23,24)25/h4-10,12,14,20H,11,13H2,1-3H3,(H,27,28)/b26-12+. The van der Waals surface area contributed by atoms with Crippen molar-refractivity contribution in [2.75, 3.05) is 7.11 Å². The number of hydrogen-bond donors (Lipinski definition) is 1. The van der Waals surface area contributed by atoms with E-state index in [1.54, 1.807) is 32.0 Å². The summed E-state index contributed by atoms with van der Waals surface area (Å²) in [6.45, 7) is 3.51. The predicted octanol–water partition coefficient (Wildman–Crippen LogP) is 4.69. The summed E-state index contributed by atoms with van der Waals surface area (Å²) in [5.74, 6) is -0.554. The van der Waals surface area contributed by atoms with Crippen LogP contribution in [0.1, 0.15) is 36.1 Å². The third-order valence-electron chi connectivity index (χ3n) is 4.21. The minimum Gasteiger partial charge on any atom is -0.496 e. The summed E-state index contributed by atoms with van der Waals surface area (Å²) in [6.07, 6.45) is -4.07. The maximum Gasteiger partial charge on any atom is 0.416 e. The zero-order valence-corrected chi connectivity index (χ0v) is 17.3. The molecule has 0 aliphatic rings. The number of carboxylic acid groups (broad SMARTS) is 1. The second-order valence-corrected chi connectivity index (χ2v) is 6.99. The van der Waals surface area contributed by atoms with Gasteiger partial charge in [-0.15, -0.1) is 0 Å². The molecule has 2 aromatic carbocycles. The molecular formula is C22H24F3NO5. The van der Waals surface area contributed by atoms with E-state index >= 15 is 0 Å². The highest BCUT2D eigenvalue weighted by Crippen LogP contribution is 2.29. The average Bonchev–Trinajstić information content (AvgIpc) is 2.70. The molecule has 2 aromatic rings. The van der Waals surface area contributed by atoms with Gasteiger partial charge in [-0.2, -0.15) is 13.2 Å². The molecule has 0 spiro atoms. The summed E-state index contributed by atoms with van der Waals surface area (Å²) in [5, 5.41) is 13.2. The molecule has 0 amide bonds. The lowest BCUT2D eigenvalue weighted by molar-refractivity contribution is -0.153. The molecule has 0 bridgehead atoms. The molecule has 0 saturated heterocycles. The molecule has 168 valence electrons. The molecule has 0 aliphatic heterocycles. The fourth-order valence-electron chi connectivity index (χ4n) is 2.74. The van der Waals surface area contributed by atoms with Gasteiger partial charge in [0.05, 0.1) is 25.0 Å². The van der Waals surface area contributed by atoms with E-state index < -0.39 is 23.8 Å². The molecule has 1 N–H and O–H groups in total. The van der Waals surface area contributed by atoms with Crippen LogP contribution in [0.4, 0.5) is 13.2 Å². The van der Waals surface area contributed by atoms with Gasteiger partial charge < -0.3 is 19.4 Å². The molecule has 0 aromatic heterocycles. The Morgan fingerprint density at radius 2 is 1.77 bits per heavy atom. The van der Waals surface area contributed by atoms with Crippen LogP contribution in [-0.2, 0) is 33.6 Å². The van der Waals surface area contributed by atoms with Crippen LogP contribution in [0.25, 0.3) is 0 Å². The molecule has 1 unspecified atom stereocenters. The number of alkyl halides is 3. The SMILES string of the molecule is COc1ccc(CC(OC(C)C)C(=O)O)cc1/C=N/OCc1ccc(C(F)(F)F)cc1. The summed E-state index contributed by atoms with van der Waals surface area (Å²) >= 11 is 0. The Balaban J connectivity index is 2.05. The molecule has 0 heterocycles. The predicted molar refractivity (Wildman–Crippen MR) is 108 cm³/mol. The van der Waals surface area contributed by atoms with Crippen LogP contribution < -0.4 is 4.74 Å². The summed E-state index contributed by atoms with van der Waals surface area (Å²) in [7, 11) is 1.48. The van der Waals surface area contributed by atoms with Crippen LogP contribution in [0.5, 0.6) is 5.75 Å². The first-order valence-electron chi connectivity index (χ1n) is 9.46. The molecule has 0 aliphatic carbocycles. The van der Waals surface area contributed by atoms with Gasteiger partial charge in [0.1, 0.15) is 12.4 Å². The number of ether oxygens (including phenoxy) is 2. The number of carboxylic acids is 1. The minimum absolute atomic E-state index is 0.0139. The van der Waals surface area contributed by atoms with Gasteiger partial charge in [0, 0.05) is 12.0 Å². The Kier molecular flexibility index (Phi) is 8.44. The maximum atomic E-state index is 12.6. The zero-order chi connectivity index (χ0) is 23.0. The minimum atomic E-state index is -4.39. The number of aliphatic carboxylic acids is 1. The van der Waals surface area contributed by atoms with Crippen molar-refractivity contribution in [2.45, 2.75) is 45.3 Å². The Labute approximate surface area is 178 Å². The Morgan fingerprint density at radius 3 is 2.32 bits per heavy atom. The van der Waals surface area contributed by atoms with Gasteiger partial charge in [0.25, 0.3) is 0 Å². The molecule has 2 rings (SSSR count). The topological polar surface area (TPSA) is 77.4 Å². The molecule has 1 atom stereocenters. The van der Waals surface area contributed by atoms with E-state index in [0.29, 0.717) is 22.4 Å². The van der Waals surface area contributed by atoms with Crippen molar-refractivity contribution in [2.24, 2.45) is 5.16 Å². The van der Waals surface area contributed by atoms with Crippen LogP contribution in [0.3, 0.4) is 0 Å². The van der Waals surface area contributed by atoms with Gasteiger partial charge in [0.15, 0.2) is 6.10 Å². The number of oxime groups is 1. The fraction of sp³-hybridized carbons (Fsp3) is 0.364. The van der Waals surface area contributed by atoms with Crippen molar-refractivity contribution < 1.29 is 37.4 Å². The van der Waals surface area contributed by atoms with E-state index in [1.165, 1.54) is 25.5 Å². The van der Waals surface area contributed by atoms with E-state index in [1.807, 2.05) is 0 Å². The number of halogens is 3. The van der Waals surface area contributed by atoms with Gasteiger partial charge in [0.2, 0.25) is 0 Å². The molecule has 0 radical (unpaired) electrons. The Morgan fingerprint density at radius 1 is 1.13 bits per heavy atom. The van der Waals surface area contributed by atoms with Gasteiger partial charge in [-0.1, -0.05) is 23.4 Å². The monoisotopic (exact) mass is 439 g/mol. The highest BCUT2D eigenvalue weighted by molar-refractivity contribution is 5.83. The number of methoxy groups -OCH3 is 1. The number of rotatable bonds is 10. The second kappa shape index (κ2) is 10.8. The Hall–Kier alpha value is -3.07. The molecule has 0 fully saturated rings. The number of carbonyl (C=O) groups is 1. The van der Waals surface area contributed by atoms with Crippen LogP contribution in [0.2, 0.25) is 0 Å². The molecule has 9 heteroatoms. The first kappa shape index (κ1) is 24.2. The van der Waals surface area contributed by atoms with Crippen molar-refractivity contribution in [3.63, 3.8) is 0 Å². The van der Waals surface area contributed by atoms with Gasteiger partial charge >= 0.3 is 12.1 Å². The third-order valence-corrected chi connectivity index (χ3v) is 4.21. The third kappa shape index (κ3) is 7.60. The second-order valence-electron chi connectivity index (χ2n) is 6.99. The van der Waals surface area contributed by atoms with Crippen molar-refractivity contribution >= 4 is 12.2 Å². The quantitative estimate of drug-likeness (QED) is 0.430. The summed E-state index contributed by atoms with van der Waals surface area (Å²) in [4.78, 5) is 16.6. The number of hydrogen-bond acceptors (Lipinski definition) is 5. The molecule has 6 nitrogen and oxygen atoms in total. The van der Waals surface area contributed by atoms with E-state index in [2.05, 4.69) is 5.16 Å². The lowest BCUT2D eigenvalue weighted by Gasteiger charge is -2.17. The molecule has 0 saturated carbocycles. The largest absolute Gasteiger partial charge is 0.496 e. The first-order valence-corrected chi connectivity index (χ1v) is 9.46. The van der Waals surface area contributed by atoms with Crippen LogP contribution in [0, 0.1) is 0 Å². The number of benzene rings is 2. The van der Waals surface area contributed by atoms with E-state index in [4.69, 9.17) is 14.3 Å². The lowest BCUT2D eigenvalue weighted by Crippen LogP contribution is -2.29. The zero-order valence-electron chi connectivity index (χ0n) is 17.3. The maximum absolute atomic E-state index is 12.6. The van der Waals surface area contributed by atoms with Crippen LogP contribution in [0.15, 0.2) is 47.6 Å².